The summed E-state index contributed by atoms with van der Waals surface area (Å²) < 4.78 is 1.66. The number of halogens is 2. The molecule has 1 aliphatic rings. The van der Waals surface area contributed by atoms with E-state index in [-0.39, 0.29) is 5.91 Å². The molecule has 0 radical (unpaired) electrons. The molecule has 0 aliphatic carbocycles. The summed E-state index contributed by atoms with van der Waals surface area (Å²) in [7, 11) is 0. The summed E-state index contributed by atoms with van der Waals surface area (Å²) in [6.45, 7) is 2.57. The Hall–Kier alpha value is -0.630. The minimum atomic E-state index is -0.914. The summed E-state index contributed by atoms with van der Waals surface area (Å²) in [5.41, 5.74) is 0.531. The van der Waals surface area contributed by atoms with Gasteiger partial charge in [-0.05, 0) is 75.5 Å². The molecular weight excluding hydrogens is 449 g/mol. The predicted molar refractivity (Wildman–Crippen MR) is 92.3 cm³/mol. The van der Waals surface area contributed by atoms with Gasteiger partial charge in [0.25, 0.3) is 5.91 Å². The number of rotatable bonds is 3. The Kier molecular flexibility index (Phi) is 5.65. The highest BCUT2D eigenvalue weighted by Crippen LogP contribution is 2.29. The van der Waals surface area contributed by atoms with E-state index in [4.69, 9.17) is 0 Å². The van der Waals surface area contributed by atoms with E-state index in [2.05, 4.69) is 45.4 Å². The van der Waals surface area contributed by atoms with Gasteiger partial charge in [-0.25, -0.2) is 4.79 Å². The van der Waals surface area contributed by atoms with Crippen molar-refractivity contribution in [2.75, 3.05) is 6.54 Å². The third kappa shape index (κ3) is 3.77. The fourth-order valence-corrected chi connectivity index (χ4v) is 3.61. The molecule has 114 valence electrons. The molecule has 1 aliphatic heterocycles. The van der Waals surface area contributed by atoms with E-state index >= 15 is 0 Å². The van der Waals surface area contributed by atoms with Crippen molar-refractivity contribution in [3.63, 3.8) is 0 Å². The Bertz CT molecular complexity index is 564. The molecule has 0 bridgehead atoms. The minimum absolute atomic E-state index is 0.206. The van der Waals surface area contributed by atoms with E-state index in [9.17, 15) is 14.7 Å². The van der Waals surface area contributed by atoms with Crippen LogP contribution in [0.3, 0.4) is 0 Å². The fourth-order valence-electron chi connectivity index (χ4n) is 2.70. The molecule has 0 spiro atoms. The van der Waals surface area contributed by atoms with Crippen LogP contribution in [0.5, 0.6) is 0 Å². The van der Waals surface area contributed by atoms with Gasteiger partial charge in [0.2, 0.25) is 0 Å². The number of amides is 1. The van der Waals surface area contributed by atoms with Crippen molar-refractivity contribution in [2.45, 2.75) is 32.2 Å². The van der Waals surface area contributed by atoms with E-state index in [0.717, 1.165) is 16.4 Å². The number of hydrogen-bond donors (Lipinski definition) is 1. The summed E-state index contributed by atoms with van der Waals surface area (Å²) >= 11 is 5.53. The van der Waals surface area contributed by atoms with Gasteiger partial charge in [0.15, 0.2) is 0 Å². The van der Waals surface area contributed by atoms with Crippen LogP contribution < -0.4 is 0 Å². The van der Waals surface area contributed by atoms with Crippen molar-refractivity contribution in [3.8, 4) is 0 Å². The molecule has 2 atom stereocenters. The summed E-state index contributed by atoms with van der Waals surface area (Å²) in [4.78, 5) is 25.7. The van der Waals surface area contributed by atoms with Crippen molar-refractivity contribution in [3.05, 3.63) is 31.8 Å². The van der Waals surface area contributed by atoms with Crippen LogP contribution in [0.4, 0.5) is 0 Å². The predicted octanol–water partition coefficient (Wildman–Crippen LogP) is 3.77. The zero-order chi connectivity index (χ0) is 15.6. The molecule has 2 rings (SSSR count). The van der Waals surface area contributed by atoms with Gasteiger partial charge in [-0.1, -0.05) is 13.3 Å². The molecule has 1 aromatic rings. The number of carboxylic acid groups (broad SMARTS) is 1. The number of carbonyl (C=O) groups excluding carboxylic acids is 1. The largest absolute Gasteiger partial charge is 0.480 e. The quantitative estimate of drug-likeness (QED) is 0.691. The van der Waals surface area contributed by atoms with E-state index in [1.54, 1.807) is 6.07 Å². The normalized spacial score (nSPS) is 22.1. The van der Waals surface area contributed by atoms with Crippen molar-refractivity contribution in [2.24, 2.45) is 5.92 Å². The first-order chi connectivity index (χ1) is 9.93. The molecule has 1 saturated heterocycles. The van der Waals surface area contributed by atoms with Crippen molar-refractivity contribution in [1.29, 1.82) is 0 Å². The van der Waals surface area contributed by atoms with Crippen LogP contribution in [0.1, 0.15) is 36.5 Å². The average Bonchev–Trinajstić information content (AvgIpc) is 2.48. The number of nitrogens with zero attached hydrogens (tertiary/aromatic N) is 1. The SMILES string of the molecule is CCC1CCN(C(=O)c2cc(I)ccc2Br)C(C(=O)O)C1. The Morgan fingerprint density at radius 1 is 1.48 bits per heavy atom. The fraction of sp³-hybridized carbons (Fsp3) is 0.467. The molecule has 1 aromatic carbocycles. The van der Waals surface area contributed by atoms with Crippen molar-refractivity contribution >= 4 is 50.4 Å². The monoisotopic (exact) mass is 465 g/mol. The standard InChI is InChI=1S/C15H17BrINO3/c1-2-9-5-6-18(13(7-9)15(20)21)14(19)11-8-10(17)3-4-12(11)16/h3-4,8-9,13H,2,5-7H2,1H3,(H,20,21). The highest BCUT2D eigenvalue weighted by Gasteiger charge is 2.36. The van der Waals surface area contributed by atoms with Gasteiger partial charge in [0.05, 0.1) is 5.56 Å². The molecule has 6 heteroatoms. The van der Waals surface area contributed by atoms with E-state index in [0.29, 0.717) is 28.9 Å². The molecular formula is C15H17BrINO3. The van der Waals surface area contributed by atoms with Gasteiger partial charge >= 0.3 is 5.97 Å². The maximum atomic E-state index is 12.7. The Morgan fingerprint density at radius 3 is 2.81 bits per heavy atom. The average molecular weight is 466 g/mol. The first-order valence-electron chi connectivity index (χ1n) is 6.92. The third-order valence-electron chi connectivity index (χ3n) is 3.99. The molecule has 4 nitrogen and oxygen atoms in total. The second kappa shape index (κ2) is 7.09. The Labute approximate surface area is 146 Å². The van der Waals surface area contributed by atoms with Crippen LogP contribution in [-0.4, -0.2) is 34.5 Å². The molecule has 1 amide bonds. The van der Waals surface area contributed by atoms with Crippen LogP contribution in [0, 0.1) is 9.49 Å². The summed E-state index contributed by atoms with van der Waals surface area (Å²) in [5.74, 6) is -0.736. The number of carbonyl (C=O) groups is 2. The molecule has 21 heavy (non-hydrogen) atoms. The highest BCUT2D eigenvalue weighted by molar-refractivity contribution is 14.1. The zero-order valence-electron chi connectivity index (χ0n) is 11.7. The van der Waals surface area contributed by atoms with E-state index < -0.39 is 12.0 Å². The van der Waals surface area contributed by atoms with Crippen LogP contribution >= 0.6 is 38.5 Å². The van der Waals surface area contributed by atoms with Gasteiger partial charge < -0.3 is 10.0 Å². The third-order valence-corrected chi connectivity index (χ3v) is 5.36. The highest BCUT2D eigenvalue weighted by atomic mass is 127. The molecule has 2 unspecified atom stereocenters. The number of carboxylic acids is 1. The van der Waals surface area contributed by atoms with Crippen LogP contribution in [0.2, 0.25) is 0 Å². The molecule has 1 fully saturated rings. The maximum Gasteiger partial charge on any atom is 0.326 e. The minimum Gasteiger partial charge on any atom is -0.480 e. The number of aliphatic carboxylic acids is 1. The zero-order valence-corrected chi connectivity index (χ0v) is 15.4. The number of piperidine rings is 1. The van der Waals surface area contributed by atoms with E-state index in [1.807, 2.05) is 12.1 Å². The van der Waals surface area contributed by atoms with Gasteiger partial charge in [-0.2, -0.15) is 0 Å². The first kappa shape index (κ1) is 16.7. The Morgan fingerprint density at radius 2 is 2.19 bits per heavy atom. The number of hydrogen-bond acceptors (Lipinski definition) is 2. The van der Waals surface area contributed by atoms with Gasteiger partial charge in [-0.15, -0.1) is 0 Å². The van der Waals surface area contributed by atoms with Crippen molar-refractivity contribution < 1.29 is 14.7 Å². The lowest BCUT2D eigenvalue weighted by molar-refractivity contribution is -0.144. The number of likely N-dealkylation sites (tertiary alicyclic amines) is 1. The second-order valence-corrected chi connectivity index (χ2v) is 7.38. The molecule has 1 heterocycles. The smallest absolute Gasteiger partial charge is 0.326 e. The lowest BCUT2D eigenvalue weighted by Gasteiger charge is -2.37. The molecule has 0 aromatic heterocycles. The van der Waals surface area contributed by atoms with Gasteiger partial charge in [-0.3, -0.25) is 4.79 Å². The maximum absolute atomic E-state index is 12.7. The van der Waals surface area contributed by atoms with Crippen LogP contribution in [0.15, 0.2) is 22.7 Å². The second-order valence-electron chi connectivity index (χ2n) is 5.28. The first-order valence-corrected chi connectivity index (χ1v) is 8.80. The van der Waals surface area contributed by atoms with E-state index in [1.165, 1.54) is 4.90 Å². The Balaban J connectivity index is 2.28. The van der Waals surface area contributed by atoms with Gasteiger partial charge in [0.1, 0.15) is 6.04 Å². The van der Waals surface area contributed by atoms with Crippen LogP contribution in [-0.2, 0) is 4.79 Å². The summed E-state index contributed by atoms with van der Waals surface area (Å²) in [5, 5.41) is 9.43. The lowest BCUT2D eigenvalue weighted by Crippen LogP contribution is -2.50. The molecule has 1 N–H and O–H groups in total. The lowest BCUT2D eigenvalue weighted by atomic mass is 9.88. The summed E-state index contributed by atoms with van der Waals surface area (Å²) in [6.07, 6.45) is 2.37. The number of benzene rings is 1. The summed E-state index contributed by atoms with van der Waals surface area (Å²) in [6, 6.07) is 4.79. The topological polar surface area (TPSA) is 57.6 Å². The van der Waals surface area contributed by atoms with Crippen LogP contribution in [0.25, 0.3) is 0 Å². The van der Waals surface area contributed by atoms with Gasteiger partial charge in [0, 0.05) is 14.6 Å². The molecule has 0 saturated carbocycles. The van der Waals surface area contributed by atoms with Crippen molar-refractivity contribution in [1.82, 2.24) is 4.90 Å².